The average molecular weight is 1110 g/mol. The molecule has 0 bridgehead atoms. The maximum Gasteiger partial charge on any atom is 0.472 e. The molecule has 8 nitrogen and oxygen atoms in total. The van der Waals surface area contributed by atoms with E-state index in [4.69, 9.17) is 9.05 Å². The molecule has 0 aromatic carbocycles. The van der Waals surface area contributed by atoms with E-state index in [-0.39, 0.29) is 19.1 Å². The molecule has 0 radical (unpaired) electrons. The summed E-state index contributed by atoms with van der Waals surface area (Å²) in [7, 11) is 1.59. The van der Waals surface area contributed by atoms with Crippen molar-refractivity contribution in [1.82, 2.24) is 5.32 Å². The molecule has 458 valence electrons. The molecular weight excluding hydrogens is 972 g/mol. The van der Waals surface area contributed by atoms with Gasteiger partial charge in [-0.15, -0.1) is 0 Å². The Morgan fingerprint density at radius 2 is 0.701 bits per heavy atom. The van der Waals surface area contributed by atoms with E-state index in [1.807, 2.05) is 27.2 Å². The molecule has 0 aliphatic heterocycles. The molecule has 0 saturated heterocycles. The zero-order valence-corrected chi connectivity index (χ0v) is 53.4. The molecule has 0 saturated carbocycles. The highest BCUT2D eigenvalue weighted by Gasteiger charge is 2.28. The zero-order chi connectivity index (χ0) is 56.3. The maximum atomic E-state index is 13.0. The lowest BCUT2D eigenvalue weighted by molar-refractivity contribution is -0.870. The first kappa shape index (κ1) is 76.0. The number of phosphoric acid groups is 1. The molecule has 0 heterocycles. The molecule has 0 aromatic rings. The Hall–Kier alpha value is -1.02. The van der Waals surface area contributed by atoms with Gasteiger partial charge < -0.3 is 19.8 Å². The number of amides is 1. The second-order valence-corrected chi connectivity index (χ2v) is 26.4. The summed E-state index contributed by atoms with van der Waals surface area (Å²) in [5, 5.41) is 14.0. The number of nitrogens with zero attached hydrogens (tertiary/aromatic N) is 1. The van der Waals surface area contributed by atoms with Crippen molar-refractivity contribution >= 4 is 13.7 Å². The number of phosphoric ester groups is 1. The normalized spacial score (nSPS) is 13.8. The van der Waals surface area contributed by atoms with Crippen molar-refractivity contribution in [3.63, 3.8) is 0 Å². The number of quaternary nitrogens is 1. The van der Waals surface area contributed by atoms with Crippen LogP contribution in [-0.2, 0) is 18.4 Å². The van der Waals surface area contributed by atoms with Crippen LogP contribution in [0.2, 0.25) is 0 Å². The van der Waals surface area contributed by atoms with Gasteiger partial charge >= 0.3 is 7.82 Å². The Balaban J connectivity index is 3.98. The summed E-state index contributed by atoms with van der Waals surface area (Å²) in [5.41, 5.74) is 0. The second kappa shape index (κ2) is 59.6. The standard InChI is InChI=1S/C68H135N2O6P/c1-6-8-10-12-14-16-18-20-22-24-26-28-29-30-31-32-33-34-35-36-37-38-39-40-41-42-44-46-48-50-52-54-56-58-60-62-68(72)69-66(65-76-77(73,74)75-64-63-70(3,4)5)67(71)61-59-57-55-53-51-49-47-45-43-27-25-23-21-19-17-15-13-11-9-7-2/h24,26,59,61,66-67,71H,6-23,25,27-58,60,62-65H2,1-5H3,(H-,69,72,73,74)/p+1/b26-24-,61-59+. The number of hydrogen-bond acceptors (Lipinski definition) is 5. The third-order valence-corrected chi connectivity index (χ3v) is 16.9. The monoisotopic (exact) mass is 1110 g/mol. The molecular formula is C68H136N2O6P+. The zero-order valence-electron chi connectivity index (χ0n) is 52.5. The highest BCUT2D eigenvalue weighted by Crippen LogP contribution is 2.43. The molecule has 0 spiro atoms. The predicted octanol–water partition coefficient (Wildman–Crippen LogP) is 21.5. The van der Waals surface area contributed by atoms with Gasteiger partial charge in [0.25, 0.3) is 0 Å². The summed E-state index contributed by atoms with van der Waals surface area (Å²) in [5.74, 6) is -0.169. The molecule has 1 amide bonds. The number of nitrogens with one attached hydrogen (secondary N) is 1. The summed E-state index contributed by atoms with van der Waals surface area (Å²) in [6.45, 7) is 4.87. The van der Waals surface area contributed by atoms with E-state index in [0.717, 1.165) is 32.1 Å². The third-order valence-electron chi connectivity index (χ3n) is 15.9. The van der Waals surface area contributed by atoms with Crippen LogP contribution in [0, 0.1) is 0 Å². The van der Waals surface area contributed by atoms with Gasteiger partial charge in [0, 0.05) is 6.42 Å². The number of allylic oxidation sites excluding steroid dienone is 3. The van der Waals surface area contributed by atoms with Crippen LogP contribution in [0.4, 0.5) is 0 Å². The van der Waals surface area contributed by atoms with Crippen LogP contribution in [-0.4, -0.2) is 73.4 Å². The van der Waals surface area contributed by atoms with Crippen molar-refractivity contribution < 1.29 is 32.9 Å². The van der Waals surface area contributed by atoms with Crippen molar-refractivity contribution in [1.29, 1.82) is 0 Å². The number of rotatable bonds is 64. The summed E-state index contributed by atoms with van der Waals surface area (Å²) in [6.07, 6.45) is 77.5. The van der Waals surface area contributed by atoms with Gasteiger partial charge in [-0.25, -0.2) is 4.57 Å². The first-order chi connectivity index (χ1) is 37.5. The highest BCUT2D eigenvalue weighted by atomic mass is 31.2. The highest BCUT2D eigenvalue weighted by molar-refractivity contribution is 7.47. The number of carbonyl (C=O) groups excluding carboxylic acids is 1. The predicted molar refractivity (Wildman–Crippen MR) is 337 cm³/mol. The van der Waals surface area contributed by atoms with Crippen LogP contribution in [0.1, 0.15) is 354 Å². The van der Waals surface area contributed by atoms with Crippen LogP contribution in [0.5, 0.6) is 0 Å². The van der Waals surface area contributed by atoms with Gasteiger partial charge in [0.2, 0.25) is 5.91 Å². The van der Waals surface area contributed by atoms with Crippen molar-refractivity contribution in [3.05, 3.63) is 24.3 Å². The molecule has 3 unspecified atom stereocenters. The van der Waals surface area contributed by atoms with E-state index in [2.05, 4.69) is 31.3 Å². The lowest BCUT2D eigenvalue weighted by Crippen LogP contribution is -2.45. The Kier molecular flexibility index (Phi) is 58.8. The Labute approximate surface area is 481 Å². The van der Waals surface area contributed by atoms with Crippen LogP contribution in [0.3, 0.4) is 0 Å². The number of likely N-dealkylation sites (N-methyl/N-ethyl adjacent to an activating group) is 1. The molecule has 77 heavy (non-hydrogen) atoms. The SMILES string of the molecule is CCCCCCCCCC/C=C\CCCCCCCCCCCCCCCCCCCCCCCCCC(=O)NC(COP(=O)(O)OCC[N+](C)(C)C)C(O)/C=C/CCCCCCCCCCCCCCCCCCCC. The fraction of sp³-hybridized carbons (Fsp3) is 0.926. The van der Waals surface area contributed by atoms with E-state index < -0.39 is 20.0 Å². The Morgan fingerprint density at radius 1 is 0.429 bits per heavy atom. The van der Waals surface area contributed by atoms with Crippen LogP contribution >= 0.6 is 7.82 Å². The number of aliphatic hydroxyl groups is 1. The summed E-state index contributed by atoms with van der Waals surface area (Å²) >= 11 is 0. The minimum Gasteiger partial charge on any atom is -0.387 e. The maximum absolute atomic E-state index is 13.0. The van der Waals surface area contributed by atoms with Crippen LogP contribution < -0.4 is 5.32 Å². The second-order valence-electron chi connectivity index (χ2n) is 24.9. The summed E-state index contributed by atoms with van der Waals surface area (Å²) in [4.78, 5) is 23.4. The Morgan fingerprint density at radius 3 is 1.00 bits per heavy atom. The van der Waals surface area contributed by atoms with E-state index in [9.17, 15) is 19.4 Å². The largest absolute Gasteiger partial charge is 0.472 e. The third kappa shape index (κ3) is 62.4. The number of hydrogen-bond donors (Lipinski definition) is 3. The van der Waals surface area contributed by atoms with E-state index in [1.54, 1.807) is 6.08 Å². The molecule has 0 aliphatic rings. The fourth-order valence-electron chi connectivity index (χ4n) is 10.6. The van der Waals surface area contributed by atoms with Gasteiger partial charge in [0.1, 0.15) is 13.2 Å². The molecule has 3 atom stereocenters. The average Bonchev–Trinajstić information content (AvgIpc) is 3.39. The lowest BCUT2D eigenvalue weighted by Gasteiger charge is -2.25. The van der Waals surface area contributed by atoms with Gasteiger partial charge in [-0.3, -0.25) is 13.8 Å². The van der Waals surface area contributed by atoms with Crippen molar-refractivity contribution in [2.75, 3.05) is 40.9 Å². The van der Waals surface area contributed by atoms with Gasteiger partial charge in [-0.2, -0.15) is 0 Å². The first-order valence-corrected chi connectivity index (χ1v) is 35.7. The first-order valence-electron chi connectivity index (χ1n) is 34.2. The minimum absolute atomic E-state index is 0.0645. The molecule has 9 heteroatoms. The van der Waals surface area contributed by atoms with E-state index in [1.165, 1.54) is 302 Å². The van der Waals surface area contributed by atoms with E-state index in [0.29, 0.717) is 17.4 Å². The van der Waals surface area contributed by atoms with Gasteiger partial charge in [-0.1, -0.05) is 327 Å². The Bertz CT molecular complexity index is 1300. The molecule has 0 fully saturated rings. The summed E-state index contributed by atoms with van der Waals surface area (Å²) in [6, 6.07) is -0.844. The molecule has 0 aliphatic carbocycles. The van der Waals surface area contributed by atoms with Gasteiger partial charge in [0.15, 0.2) is 0 Å². The smallest absolute Gasteiger partial charge is 0.387 e. The van der Waals surface area contributed by atoms with Crippen molar-refractivity contribution in [3.8, 4) is 0 Å². The fourth-order valence-corrected chi connectivity index (χ4v) is 11.3. The minimum atomic E-state index is -4.35. The van der Waals surface area contributed by atoms with Crippen LogP contribution in [0.25, 0.3) is 0 Å². The summed E-state index contributed by atoms with van der Waals surface area (Å²) < 4.78 is 23.8. The molecule has 3 N–H and O–H groups in total. The van der Waals surface area contributed by atoms with Gasteiger partial charge in [-0.05, 0) is 44.9 Å². The number of unbranched alkanes of at least 4 members (excludes halogenated alkanes) is 49. The molecule has 0 aromatic heterocycles. The van der Waals surface area contributed by atoms with Gasteiger partial charge in [0.05, 0.1) is 39.9 Å². The lowest BCUT2D eigenvalue weighted by atomic mass is 10.0. The molecule has 0 rings (SSSR count). The number of carbonyl (C=O) groups is 1. The topological polar surface area (TPSA) is 105 Å². The quantitative estimate of drug-likeness (QED) is 0.0243. The van der Waals surface area contributed by atoms with Crippen molar-refractivity contribution in [2.45, 2.75) is 366 Å². The van der Waals surface area contributed by atoms with E-state index >= 15 is 0 Å². The van der Waals surface area contributed by atoms with Crippen LogP contribution in [0.15, 0.2) is 24.3 Å². The van der Waals surface area contributed by atoms with Crippen molar-refractivity contribution in [2.24, 2.45) is 0 Å². The number of aliphatic hydroxyl groups excluding tert-OH is 1.